The third-order valence-electron chi connectivity index (χ3n) is 3.50. The van der Waals surface area contributed by atoms with Gasteiger partial charge >= 0.3 is 0 Å². The van der Waals surface area contributed by atoms with E-state index in [2.05, 4.69) is 46.4 Å². The van der Waals surface area contributed by atoms with Crippen LogP contribution in [0, 0.1) is 0 Å². The molecule has 0 saturated heterocycles. The highest BCUT2D eigenvalue weighted by Crippen LogP contribution is 2.40. The summed E-state index contributed by atoms with van der Waals surface area (Å²) in [7, 11) is 0. The number of hydrogen-bond acceptors (Lipinski definition) is 2. The van der Waals surface area contributed by atoms with Crippen LogP contribution in [-0.4, -0.2) is 6.54 Å². The van der Waals surface area contributed by atoms with Gasteiger partial charge in [-0.05, 0) is 65.2 Å². The van der Waals surface area contributed by atoms with Crippen molar-refractivity contribution in [2.24, 2.45) is 0 Å². The highest BCUT2D eigenvalue weighted by atomic mass is 32.1. The summed E-state index contributed by atoms with van der Waals surface area (Å²) < 4.78 is 0. The van der Waals surface area contributed by atoms with Gasteiger partial charge in [0.05, 0.1) is 0 Å². The molecule has 0 bridgehead atoms. The Hall–Kier alpha value is -1.12. The summed E-state index contributed by atoms with van der Waals surface area (Å²) >= 11 is 1.78. The molecule has 1 aromatic heterocycles. The molecule has 1 aliphatic rings. The molecule has 0 amide bonds. The lowest BCUT2D eigenvalue weighted by atomic mass is 10.1. The standard InChI is InChI=1S/C16H19NS/c1-2-14(10-16(3-1)15-4-5-15)11-17-8-6-13-7-9-18-12-13/h1-3,7,9-10,12,15,17H,4-6,8,11H2. The fourth-order valence-corrected chi connectivity index (χ4v) is 2.98. The van der Waals surface area contributed by atoms with Crippen molar-refractivity contribution in [3.63, 3.8) is 0 Å². The molecule has 0 atom stereocenters. The lowest BCUT2D eigenvalue weighted by Crippen LogP contribution is -2.16. The van der Waals surface area contributed by atoms with E-state index in [1.54, 1.807) is 11.3 Å². The molecule has 2 heteroatoms. The van der Waals surface area contributed by atoms with Gasteiger partial charge in [0.15, 0.2) is 0 Å². The number of hydrogen-bond donors (Lipinski definition) is 1. The SMILES string of the molecule is c1cc(CNCCc2ccsc2)cc(C2CC2)c1. The molecule has 1 saturated carbocycles. The Kier molecular flexibility index (Phi) is 3.77. The Morgan fingerprint density at radius 3 is 2.89 bits per heavy atom. The predicted octanol–water partition coefficient (Wildman–Crippen LogP) is 3.96. The van der Waals surface area contributed by atoms with Gasteiger partial charge in [-0.15, -0.1) is 0 Å². The van der Waals surface area contributed by atoms with Gasteiger partial charge < -0.3 is 5.32 Å². The minimum Gasteiger partial charge on any atom is -0.312 e. The summed E-state index contributed by atoms with van der Waals surface area (Å²) in [4.78, 5) is 0. The number of nitrogens with one attached hydrogen (secondary N) is 1. The molecule has 2 aromatic rings. The molecule has 0 unspecified atom stereocenters. The van der Waals surface area contributed by atoms with Crippen molar-refractivity contribution in [3.8, 4) is 0 Å². The lowest BCUT2D eigenvalue weighted by Gasteiger charge is -2.06. The van der Waals surface area contributed by atoms with Crippen LogP contribution in [0.5, 0.6) is 0 Å². The molecule has 1 N–H and O–H groups in total. The van der Waals surface area contributed by atoms with Gasteiger partial charge in [0.1, 0.15) is 0 Å². The fraction of sp³-hybridized carbons (Fsp3) is 0.375. The van der Waals surface area contributed by atoms with Crippen molar-refractivity contribution in [3.05, 3.63) is 57.8 Å². The molecule has 18 heavy (non-hydrogen) atoms. The third-order valence-corrected chi connectivity index (χ3v) is 4.23. The minimum atomic E-state index is 0.857. The Labute approximate surface area is 113 Å². The van der Waals surface area contributed by atoms with Crippen molar-refractivity contribution in [1.29, 1.82) is 0 Å². The van der Waals surface area contributed by atoms with Crippen LogP contribution in [0.3, 0.4) is 0 Å². The van der Waals surface area contributed by atoms with Crippen molar-refractivity contribution in [2.45, 2.75) is 31.7 Å². The summed E-state index contributed by atoms with van der Waals surface area (Å²) in [5.41, 5.74) is 4.40. The Balaban J connectivity index is 1.46. The molecule has 1 fully saturated rings. The van der Waals surface area contributed by atoms with Crippen LogP contribution in [0.15, 0.2) is 41.1 Å². The van der Waals surface area contributed by atoms with Crippen LogP contribution in [0.25, 0.3) is 0 Å². The maximum absolute atomic E-state index is 3.53. The molecule has 1 aliphatic carbocycles. The molecule has 1 aromatic carbocycles. The van der Waals surface area contributed by atoms with Gasteiger partial charge in [0.2, 0.25) is 0 Å². The summed E-state index contributed by atoms with van der Waals surface area (Å²) in [5.74, 6) is 0.857. The summed E-state index contributed by atoms with van der Waals surface area (Å²) in [6, 6.07) is 11.3. The monoisotopic (exact) mass is 257 g/mol. The van der Waals surface area contributed by atoms with Crippen LogP contribution in [0.1, 0.15) is 35.4 Å². The lowest BCUT2D eigenvalue weighted by molar-refractivity contribution is 0.687. The van der Waals surface area contributed by atoms with E-state index < -0.39 is 0 Å². The summed E-state index contributed by atoms with van der Waals surface area (Å²) in [6.07, 6.45) is 3.90. The summed E-state index contributed by atoms with van der Waals surface area (Å²) in [5, 5.41) is 7.91. The van der Waals surface area contributed by atoms with Gasteiger partial charge in [-0.1, -0.05) is 24.3 Å². The molecule has 94 valence electrons. The van der Waals surface area contributed by atoms with Crippen molar-refractivity contribution >= 4 is 11.3 Å². The molecular formula is C16H19NS. The highest BCUT2D eigenvalue weighted by Gasteiger charge is 2.23. The predicted molar refractivity (Wildman–Crippen MR) is 78.1 cm³/mol. The van der Waals surface area contributed by atoms with E-state index >= 15 is 0 Å². The molecule has 1 nitrogen and oxygen atoms in total. The topological polar surface area (TPSA) is 12.0 Å². The second-order valence-electron chi connectivity index (χ2n) is 5.08. The Morgan fingerprint density at radius 2 is 2.11 bits per heavy atom. The van der Waals surface area contributed by atoms with Gasteiger partial charge in [-0.3, -0.25) is 0 Å². The molecular weight excluding hydrogens is 238 g/mol. The van der Waals surface area contributed by atoms with Crippen molar-refractivity contribution < 1.29 is 0 Å². The smallest absolute Gasteiger partial charge is 0.0205 e. The molecule has 0 aliphatic heterocycles. The second kappa shape index (κ2) is 5.68. The van der Waals surface area contributed by atoms with E-state index in [1.165, 1.54) is 29.5 Å². The largest absolute Gasteiger partial charge is 0.312 e. The van der Waals surface area contributed by atoms with Crippen LogP contribution >= 0.6 is 11.3 Å². The first-order chi connectivity index (χ1) is 8.92. The first-order valence-corrected chi connectivity index (χ1v) is 7.67. The number of thiophene rings is 1. The summed E-state index contributed by atoms with van der Waals surface area (Å²) in [6.45, 7) is 2.05. The van der Waals surface area contributed by atoms with E-state index in [4.69, 9.17) is 0 Å². The van der Waals surface area contributed by atoms with Gasteiger partial charge in [0, 0.05) is 6.54 Å². The molecule has 0 spiro atoms. The van der Waals surface area contributed by atoms with Gasteiger partial charge in [-0.2, -0.15) is 11.3 Å². The van der Waals surface area contributed by atoms with E-state index in [-0.39, 0.29) is 0 Å². The van der Waals surface area contributed by atoms with Gasteiger partial charge in [0.25, 0.3) is 0 Å². The van der Waals surface area contributed by atoms with Crippen molar-refractivity contribution in [2.75, 3.05) is 6.54 Å². The van der Waals surface area contributed by atoms with E-state index in [9.17, 15) is 0 Å². The average molecular weight is 257 g/mol. The molecule has 3 rings (SSSR count). The zero-order valence-corrected chi connectivity index (χ0v) is 11.4. The molecule has 0 radical (unpaired) electrons. The Morgan fingerprint density at radius 1 is 1.17 bits per heavy atom. The average Bonchev–Trinajstić information content (AvgIpc) is 3.13. The highest BCUT2D eigenvalue weighted by molar-refractivity contribution is 7.07. The number of rotatable bonds is 6. The van der Waals surface area contributed by atoms with E-state index in [1.807, 2.05) is 0 Å². The van der Waals surface area contributed by atoms with Crippen LogP contribution < -0.4 is 5.32 Å². The van der Waals surface area contributed by atoms with Crippen LogP contribution in [0.4, 0.5) is 0 Å². The maximum Gasteiger partial charge on any atom is 0.0205 e. The minimum absolute atomic E-state index is 0.857. The van der Waals surface area contributed by atoms with Gasteiger partial charge in [-0.25, -0.2) is 0 Å². The first-order valence-electron chi connectivity index (χ1n) is 6.72. The first kappa shape index (κ1) is 11.9. The van der Waals surface area contributed by atoms with E-state index in [0.29, 0.717) is 0 Å². The number of benzene rings is 1. The molecule has 1 heterocycles. The maximum atomic E-state index is 3.53. The Bertz CT molecular complexity index is 486. The normalized spacial score (nSPS) is 14.9. The van der Waals surface area contributed by atoms with Crippen LogP contribution in [0.2, 0.25) is 0 Å². The van der Waals surface area contributed by atoms with E-state index in [0.717, 1.165) is 25.4 Å². The zero-order chi connectivity index (χ0) is 12.2. The zero-order valence-electron chi connectivity index (χ0n) is 10.6. The third kappa shape index (κ3) is 3.21. The fourth-order valence-electron chi connectivity index (χ4n) is 2.27. The van der Waals surface area contributed by atoms with Crippen molar-refractivity contribution in [1.82, 2.24) is 5.32 Å². The quantitative estimate of drug-likeness (QED) is 0.772. The second-order valence-corrected chi connectivity index (χ2v) is 5.86. The van der Waals surface area contributed by atoms with Crippen LogP contribution in [-0.2, 0) is 13.0 Å².